The standard InChI is InChI=1S/C13H18F3N3O3/c1-8(7-20)9-6-10(22-19-9)18-11(21)12(2,3)17-5-4-13(14,15)16/h6,17,20H,1,4-5,7H2,2-3H3,(H,18,21). The zero-order chi connectivity index (χ0) is 17.0. The molecule has 1 rings (SSSR count). The number of aliphatic hydroxyl groups is 1. The topological polar surface area (TPSA) is 87.4 Å². The second-order valence-corrected chi connectivity index (χ2v) is 5.21. The van der Waals surface area contributed by atoms with Crippen LogP contribution in [0.2, 0.25) is 0 Å². The zero-order valence-corrected chi connectivity index (χ0v) is 12.3. The predicted molar refractivity (Wildman–Crippen MR) is 74.0 cm³/mol. The molecule has 1 aromatic rings. The lowest BCUT2D eigenvalue weighted by Crippen LogP contribution is -2.50. The normalized spacial score (nSPS) is 12.3. The third-order valence-corrected chi connectivity index (χ3v) is 2.84. The Morgan fingerprint density at radius 3 is 2.64 bits per heavy atom. The summed E-state index contributed by atoms with van der Waals surface area (Å²) in [7, 11) is 0. The smallest absolute Gasteiger partial charge is 0.390 e. The molecular formula is C13H18F3N3O3. The van der Waals surface area contributed by atoms with Crippen molar-refractivity contribution in [3.63, 3.8) is 0 Å². The quantitative estimate of drug-likeness (QED) is 0.714. The van der Waals surface area contributed by atoms with Gasteiger partial charge in [0.2, 0.25) is 11.8 Å². The van der Waals surface area contributed by atoms with Crippen LogP contribution in [0.4, 0.5) is 19.1 Å². The summed E-state index contributed by atoms with van der Waals surface area (Å²) < 4.78 is 41.1. The van der Waals surface area contributed by atoms with E-state index in [2.05, 4.69) is 22.4 Å². The minimum absolute atomic E-state index is 0.0142. The highest BCUT2D eigenvalue weighted by molar-refractivity contribution is 5.96. The van der Waals surface area contributed by atoms with Crippen molar-refractivity contribution in [1.82, 2.24) is 10.5 Å². The van der Waals surface area contributed by atoms with E-state index < -0.39 is 24.0 Å². The molecule has 22 heavy (non-hydrogen) atoms. The number of anilines is 1. The van der Waals surface area contributed by atoms with Gasteiger partial charge in [-0.2, -0.15) is 13.2 Å². The van der Waals surface area contributed by atoms with Gasteiger partial charge in [-0.1, -0.05) is 11.7 Å². The largest absolute Gasteiger partial charge is 0.392 e. The fourth-order valence-electron chi connectivity index (χ4n) is 1.45. The van der Waals surface area contributed by atoms with Crippen molar-refractivity contribution in [2.24, 2.45) is 0 Å². The molecule has 9 heteroatoms. The zero-order valence-electron chi connectivity index (χ0n) is 12.3. The van der Waals surface area contributed by atoms with Crippen molar-refractivity contribution < 1.29 is 27.6 Å². The lowest BCUT2D eigenvalue weighted by molar-refractivity contribution is -0.135. The second kappa shape index (κ2) is 6.93. The van der Waals surface area contributed by atoms with Crippen LogP contribution in [0.15, 0.2) is 17.2 Å². The molecule has 1 heterocycles. The van der Waals surface area contributed by atoms with E-state index in [4.69, 9.17) is 9.63 Å². The SMILES string of the molecule is C=C(CO)c1cc(NC(=O)C(C)(C)NCCC(F)(F)F)on1. The summed E-state index contributed by atoms with van der Waals surface area (Å²) in [5.74, 6) is -0.563. The van der Waals surface area contributed by atoms with Crippen LogP contribution in [0.3, 0.4) is 0 Å². The Bertz CT molecular complexity index is 538. The third kappa shape index (κ3) is 5.49. The minimum Gasteiger partial charge on any atom is -0.392 e. The maximum atomic E-state index is 12.1. The molecule has 0 atom stereocenters. The molecule has 0 spiro atoms. The highest BCUT2D eigenvalue weighted by Gasteiger charge is 2.31. The Balaban J connectivity index is 2.59. The Kier molecular flexibility index (Phi) is 5.72. The van der Waals surface area contributed by atoms with Gasteiger partial charge in [0.15, 0.2) is 0 Å². The second-order valence-electron chi connectivity index (χ2n) is 5.21. The van der Waals surface area contributed by atoms with E-state index in [-0.39, 0.29) is 24.7 Å². The molecule has 0 unspecified atom stereocenters. The van der Waals surface area contributed by atoms with Gasteiger partial charge in [0.1, 0.15) is 5.69 Å². The number of alkyl halides is 3. The van der Waals surface area contributed by atoms with Gasteiger partial charge in [-0.3, -0.25) is 10.1 Å². The van der Waals surface area contributed by atoms with Gasteiger partial charge in [0.05, 0.1) is 18.6 Å². The number of nitrogens with zero attached hydrogens (tertiary/aromatic N) is 1. The molecular weight excluding hydrogens is 303 g/mol. The monoisotopic (exact) mass is 321 g/mol. The van der Waals surface area contributed by atoms with E-state index in [9.17, 15) is 18.0 Å². The summed E-state index contributed by atoms with van der Waals surface area (Å²) in [6.45, 7) is 5.74. The number of hydrogen-bond acceptors (Lipinski definition) is 5. The minimum atomic E-state index is -4.29. The van der Waals surface area contributed by atoms with Crippen molar-refractivity contribution in [3.05, 3.63) is 18.3 Å². The van der Waals surface area contributed by atoms with Gasteiger partial charge in [-0.05, 0) is 19.4 Å². The number of hydrogen-bond donors (Lipinski definition) is 3. The molecule has 0 aliphatic heterocycles. The van der Waals surface area contributed by atoms with E-state index in [1.54, 1.807) is 0 Å². The molecule has 0 aromatic carbocycles. The maximum Gasteiger partial charge on any atom is 0.390 e. The highest BCUT2D eigenvalue weighted by Crippen LogP contribution is 2.20. The first-order valence-corrected chi connectivity index (χ1v) is 6.44. The van der Waals surface area contributed by atoms with E-state index in [1.807, 2.05) is 0 Å². The summed E-state index contributed by atoms with van der Waals surface area (Å²) >= 11 is 0. The molecule has 1 amide bonds. The van der Waals surface area contributed by atoms with Crippen LogP contribution in [0.1, 0.15) is 26.0 Å². The summed E-state index contributed by atoms with van der Waals surface area (Å²) in [6, 6.07) is 1.36. The fourth-order valence-corrected chi connectivity index (χ4v) is 1.45. The highest BCUT2D eigenvalue weighted by atomic mass is 19.4. The van der Waals surface area contributed by atoms with E-state index >= 15 is 0 Å². The van der Waals surface area contributed by atoms with Crippen molar-refractivity contribution in [2.75, 3.05) is 18.5 Å². The van der Waals surface area contributed by atoms with Crippen LogP contribution < -0.4 is 10.6 Å². The van der Waals surface area contributed by atoms with Crippen LogP contribution in [0.5, 0.6) is 0 Å². The average molecular weight is 321 g/mol. The first-order valence-electron chi connectivity index (χ1n) is 6.44. The number of carbonyl (C=O) groups is 1. The van der Waals surface area contributed by atoms with Gasteiger partial charge in [-0.25, -0.2) is 0 Å². The molecule has 0 aliphatic rings. The molecule has 0 bridgehead atoms. The van der Waals surface area contributed by atoms with E-state index in [0.29, 0.717) is 5.57 Å². The maximum absolute atomic E-state index is 12.1. The van der Waals surface area contributed by atoms with Crippen molar-refractivity contribution in [2.45, 2.75) is 32.0 Å². The fraction of sp³-hybridized carbons (Fsp3) is 0.538. The van der Waals surface area contributed by atoms with Gasteiger partial charge >= 0.3 is 6.18 Å². The molecule has 1 aromatic heterocycles. The molecule has 0 saturated heterocycles. The van der Waals surface area contributed by atoms with Crippen LogP contribution in [0.25, 0.3) is 5.57 Å². The number of halogens is 3. The summed E-state index contributed by atoms with van der Waals surface area (Å²) in [5, 5.41) is 17.4. The Hall–Kier alpha value is -1.87. The number of aromatic nitrogens is 1. The first kappa shape index (κ1) is 18.2. The van der Waals surface area contributed by atoms with Crippen molar-refractivity contribution >= 4 is 17.4 Å². The van der Waals surface area contributed by atoms with Gasteiger partial charge in [0, 0.05) is 12.6 Å². The third-order valence-electron chi connectivity index (χ3n) is 2.84. The first-order chi connectivity index (χ1) is 10.0. The van der Waals surface area contributed by atoms with Gasteiger partial charge in [-0.15, -0.1) is 0 Å². The van der Waals surface area contributed by atoms with Crippen LogP contribution in [-0.4, -0.2) is 41.0 Å². The number of aliphatic hydroxyl groups excluding tert-OH is 1. The van der Waals surface area contributed by atoms with E-state index in [0.717, 1.165) is 0 Å². The Labute approximate surface area is 125 Å². The Morgan fingerprint density at radius 1 is 1.45 bits per heavy atom. The number of amides is 1. The number of carbonyl (C=O) groups excluding carboxylic acids is 1. The molecule has 6 nitrogen and oxygen atoms in total. The predicted octanol–water partition coefficient (Wildman–Crippen LogP) is 1.94. The van der Waals surface area contributed by atoms with Crippen molar-refractivity contribution in [1.29, 1.82) is 0 Å². The summed E-state index contributed by atoms with van der Waals surface area (Å²) in [5.41, 5.74) is -0.640. The van der Waals surface area contributed by atoms with Gasteiger partial charge in [0.25, 0.3) is 0 Å². The van der Waals surface area contributed by atoms with Gasteiger partial charge < -0.3 is 14.9 Å². The molecule has 0 aliphatic carbocycles. The van der Waals surface area contributed by atoms with Crippen LogP contribution in [0, 0.1) is 0 Å². The van der Waals surface area contributed by atoms with Crippen LogP contribution >= 0.6 is 0 Å². The molecule has 0 fully saturated rings. The van der Waals surface area contributed by atoms with E-state index in [1.165, 1.54) is 19.9 Å². The van der Waals surface area contributed by atoms with Crippen molar-refractivity contribution in [3.8, 4) is 0 Å². The molecule has 3 N–H and O–H groups in total. The molecule has 0 saturated carbocycles. The molecule has 0 radical (unpaired) electrons. The summed E-state index contributed by atoms with van der Waals surface area (Å²) in [4.78, 5) is 12.0. The number of rotatable bonds is 7. The average Bonchev–Trinajstić information content (AvgIpc) is 2.84. The Morgan fingerprint density at radius 2 is 2.09 bits per heavy atom. The van der Waals surface area contributed by atoms with Crippen LogP contribution in [-0.2, 0) is 4.79 Å². The molecule has 124 valence electrons. The lowest BCUT2D eigenvalue weighted by atomic mass is 10.0. The lowest BCUT2D eigenvalue weighted by Gasteiger charge is -2.24. The number of nitrogens with one attached hydrogen (secondary N) is 2. The summed E-state index contributed by atoms with van der Waals surface area (Å²) in [6.07, 6.45) is -5.32.